The summed E-state index contributed by atoms with van der Waals surface area (Å²) in [4.78, 5) is 12.4. The Balaban J connectivity index is 2.08. The van der Waals surface area contributed by atoms with Crippen LogP contribution in [0, 0.1) is 11.3 Å². The highest BCUT2D eigenvalue weighted by Crippen LogP contribution is 2.43. The largest absolute Gasteiger partial charge is 0.323 e. The minimum absolute atomic E-state index is 0.147. The van der Waals surface area contributed by atoms with E-state index < -0.39 is 0 Å². The van der Waals surface area contributed by atoms with E-state index in [1.165, 1.54) is 12.8 Å². The Morgan fingerprint density at radius 2 is 2.24 bits per heavy atom. The van der Waals surface area contributed by atoms with Crippen LogP contribution in [-0.4, -0.2) is 16.1 Å². The van der Waals surface area contributed by atoms with E-state index in [4.69, 9.17) is 0 Å². The molecule has 4 nitrogen and oxygen atoms in total. The molecule has 0 atom stereocenters. The zero-order valence-corrected chi connectivity index (χ0v) is 10.6. The number of carbonyl (C=O) groups excluding carboxylic acids is 1. The number of amides is 1. The van der Waals surface area contributed by atoms with Crippen LogP contribution >= 0.6 is 0 Å². The van der Waals surface area contributed by atoms with Gasteiger partial charge in [-0.15, -0.1) is 0 Å². The number of hydrogen-bond acceptors (Lipinski definition) is 2. The first kappa shape index (κ1) is 12.1. The number of anilines is 1. The highest BCUT2D eigenvalue weighted by Gasteiger charge is 2.41. The lowest BCUT2D eigenvalue weighted by Gasteiger charge is -2.29. The van der Waals surface area contributed by atoms with E-state index in [2.05, 4.69) is 29.4 Å². The predicted molar refractivity (Wildman–Crippen MR) is 67.6 cm³/mol. The smallest absolute Gasteiger partial charge is 0.230 e. The maximum absolute atomic E-state index is 12.4. The third-order valence-electron chi connectivity index (χ3n) is 3.60. The van der Waals surface area contributed by atoms with E-state index in [1.54, 1.807) is 12.4 Å². The van der Waals surface area contributed by atoms with Gasteiger partial charge < -0.3 is 5.32 Å². The maximum atomic E-state index is 12.4. The second-order valence-electron chi connectivity index (χ2n) is 5.53. The Hall–Kier alpha value is -1.32. The fourth-order valence-electron chi connectivity index (χ4n) is 2.94. The van der Waals surface area contributed by atoms with E-state index in [9.17, 15) is 4.79 Å². The molecule has 1 aliphatic carbocycles. The molecular weight excluding hydrogens is 214 g/mol. The topological polar surface area (TPSA) is 57.8 Å². The number of nitrogens with zero attached hydrogens (tertiary/aromatic N) is 1. The molecule has 0 radical (unpaired) electrons. The molecule has 0 aromatic carbocycles. The summed E-state index contributed by atoms with van der Waals surface area (Å²) in [6.07, 6.45) is 8.74. The van der Waals surface area contributed by atoms with Crippen molar-refractivity contribution in [3.8, 4) is 0 Å². The SMILES string of the molecule is CC(C)CC1(C(=O)Nc2cn[nH]c2)CCCC1. The van der Waals surface area contributed by atoms with Crippen LogP contribution < -0.4 is 5.32 Å². The molecule has 1 amide bonds. The average molecular weight is 235 g/mol. The van der Waals surface area contributed by atoms with E-state index in [-0.39, 0.29) is 11.3 Å². The van der Waals surface area contributed by atoms with Gasteiger partial charge in [0.05, 0.1) is 11.9 Å². The van der Waals surface area contributed by atoms with Crippen molar-refractivity contribution in [1.82, 2.24) is 10.2 Å². The molecule has 0 saturated heterocycles. The highest BCUT2D eigenvalue weighted by molar-refractivity contribution is 5.95. The second kappa shape index (κ2) is 4.90. The van der Waals surface area contributed by atoms with Crippen molar-refractivity contribution >= 4 is 11.6 Å². The molecule has 0 unspecified atom stereocenters. The first-order valence-electron chi connectivity index (χ1n) is 6.43. The van der Waals surface area contributed by atoms with Gasteiger partial charge in [0.15, 0.2) is 0 Å². The lowest BCUT2D eigenvalue weighted by Crippen LogP contribution is -2.35. The number of aromatic nitrogens is 2. The zero-order valence-electron chi connectivity index (χ0n) is 10.6. The van der Waals surface area contributed by atoms with E-state index >= 15 is 0 Å². The number of H-pyrrole nitrogens is 1. The van der Waals surface area contributed by atoms with Gasteiger partial charge in [0.25, 0.3) is 0 Å². The highest BCUT2D eigenvalue weighted by atomic mass is 16.2. The lowest BCUT2D eigenvalue weighted by molar-refractivity contribution is -0.126. The fraction of sp³-hybridized carbons (Fsp3) is 0.692. The van der Waals surface area contributed by atoms with Gasteiger partial charge in [-0.25, -0.2) is 0 Å². The molecule has 1 saturated carbocycles. The Morgan fingerprint density at radius 3 is 2.76 bits per heavy atom. The van der Waals surface area contributed by atoms with Crippen molar-refractivity contribution < 1.29 is 4.79 Å². The molecule has 0 bridgehead atoms. The van der Waals surface area contributed by atoms with E-state index in [0.717, 1.165) is 24.9 Å². The van der Waals surface area contributed by atoms with Crippen LogP contribution in [0.3, 0.4) is 0 Å². The summed E-state index contributed by atoms with van der Waals surface area (Å²) in [5.74, 6) is 0.730. The maximum Gasteiger partial charge on any atom is 0.230 e. The third-order valence-corrected chi connectivity index (χ3v) is 3.60. The van der Waals surface area contributed by atoms with Crippen LogP contribution in [0.2, 0.25) is 0 Å². The average Bonchev–Trinajstić information content (AvgIpc) is 2.88. The van der Waals surface area contributed by atoms with Gasteiger partial charge in [0.2, 0.25) is 5.91 Å². The summed E-state index contributed by atoms with van der Waals surface area (Å²) < 4.78 is 0. The van der Waals surface area contributed by atoms with Crippen molar-refractivity contribution in [2.24, 2.45) is 11.3 Å². The molecule has 94 valence electrons. The van der Waals surface area contributed by atoms with Gasteiger partial charge in [0.1, 0.15) is 0 Å². The summed E-state index contributed by atoms with van der Waals surface area (Å²) in [7, 11) is 0. The minimum atomic E-state index is -0.147. The molecule has 2 N–H and O–H groups in total. The number of nitrogens with one attached hydrogen (secondary N) is 2. The molecule has 1 fully saturated rings. The summed E-state index contributed by atoms with van der Waals surface area (Å²) in [6, 6.07) is 0. The predicted octanol–water partition coefficient (Wildman–Crippen LogP) is 2.95. The Kier molecular flexibility index (Phi) is 3.50. The summed E-state index contributed by atoms with van der Waals surface area (Å²) in [6.45, 7) is 4.37. The molecule has 1 heterocycles. The molecular formula is C13H21N3O. The van der Waals surface area contributed by atoms with Crippen molar-refractivity contribution in [1.29, 1.82) is 0 Å². The summed E-state index contributed by atoms with van der Waals surface area (Å²) in [5, 5.41) is 9.54. The van der Waals surface area contributed by atoms with Crippen LogP contribution in [0.25, 0.3) is 0 Å². The monoisotopic (exact) mass is 235 g/mol. The Labute approximate surface area is 102 Å². The molecule has 0 spiro atoms. The van der Waals surface area contributed by atoms with Crippen LogP contribution in [0.15, 0.2) is 12.4 Å². The summed E-state index contributed by atoms with van der Waals surface area (Å²) >= 11 is 0. The number of hydrogen-bond donors (Lipinski definition) is 2. The van der Waals surface area contributed by atoms with Crippen LogP contribution in [0.4, 0.5) is 5.69 Å². The normalized spacial score (nSPS) is 18.5. The minimum Gasteiger partial charge on any atom is -0.323 e. The van der Waals surface area contributed by atoms with E-state index in [1.807, 2.05) is 0 Å². The third kappa shape index (κ3) is 2.68. The van der Waals surface area contributed by atoms with Crippen molar-refractivity contribution in [3.05, 3.63) is 12.4 Å². The lowest BCUT2D eigenvalue weighted by atomic mass is 9.77. The number of carbonyl (C=O) groups is 1. The standard InChI is InChI=1S/C13H21N3O/c1-10(2)7-13(5-3-4-6-13)12(17)16-11-8-14-15-9-11/h8-10H,3-7H2,1-2H3,(H,14,15)(H,16,17). The molecule has 2 rings (SSSR count). The quantitative estimate of drug-likeness (QED) is 0.843. The van der Waals surface area contributed by atoms with Gasteiger partial charge in [-0.05, 0) is 25.2 Å². The molecule has 4 heteroatoms. The Morgan fingerprint density at radius 1 is 1.53 bits per heavy atom. The van der Waals surface area contributed by atoms with Gasteiger partial charge in [0, 0.05) is 11.6 Å². The van der Waals surface area contributed by atoms with Gasteiger partial charge in [-0.3, -0.25) is 9.89 Å². The van der Waals surface area contributed by atoms with Crippen LogP contribution in [-0.2, 0) is 4.79 Å². The first-order valence-corrected chi connectivity index (χ1v) is 6.43. The van der Waals surface area contributed by atoms with Crippen molar-refractivity contribution in [2.75, 3.05) is 5.32 Å². The molecule has 17 heavy (non-hydrogen) atoms. The summed E-state index contributed by atoms with van der Waals surface area (Å²) in [5.41, 5.74) is 0.621. The molecule has 0 aliphatic heterocycles. The van der Waals surface area contributed by atoms with Gasteiger partial charge in [-0.2, -0.15) is 5.10 Å². The van der Waals surface area contributed by atoms with Gasteiger partial charge in [-0.1, -0.05) is 26.7 Å². The molecule has 1 aliphatic rings. The second-order valence-corrected chi connectivity index (χ2v) is 5.53. The van der Waals surface area contributed by atoms with E-state index in [0.29, 0.717) is 5.92 Å². The fourth-order valence-corrected chi connectivity index (χ4v) is 2.94. The van der Waals surface area contributed by atoms with Crippen molar-refractivity contribution in [2.45, 2.75) is 46.0 Å². The zero-order chi connectivity index (χ0) is 12.3. The van der Waals surface area contributed by atoms with Gasteiger partial charge >= 0.3 is 0 Å². The van der Waals surface area contributed by atoms with Crippen molar-refractivity contribution in [3.63, 3.8) is 0 Å². The molecule has 1 aromatic heterocycles. The number of rotatable bonds is 4. The molecule has 1 aromatic rings. The Bertz CT molecular complexity index is 364. The van der Waals surface area contributed by atoms with Crippen LogP contribution in [0.5, 0.6) is 0 Å². The first-order chi connectivity index (χ1) is 8.12. The van der Waals surface area contributed by atoms with Crippen LogP contribution in [0.1, 0.15) is 46.0 Å². The number of aromatic amines is 1.